The Labute approximate surface area is 180 Å². The predicted molar refractivity (Wildman–Crippen MR) is 108 cm³/mol. The Balaban J connectivity index is 1.65. The van der Waals surface area contributed by atoms with Crippen molar-refractivity contribution >= 4 is 44.7 Å². The summed E-state index contributed by atoms with van der Waals surface area (Å²) < 4.78 is 32.9. The molecule has 162 valence electrons. The number of rotatable bonds is 8. The van der Waals surface area contributed by atoms with Crippen molar-refractivity contribution in [2.24, 2.45) is 0 Å². The molecule has 0 spiro atoms. The van der Waals surface area contributed by atoms with Crippen LogP contribution in [0.4, 0.5) is 17.2 Å². The molecule has 15 heteroatoms. The number of benzene rings is 1. The van der Waals surface area contributed by atoms with E-state index >= 15 is 0 Å². The molecule has 2 heterocycles. The monoisotopic (exact) mass is 467 g/mol. The molecule has 3 aromatic rings. The Bertz CT molecular complexity index is 1210. The number of nitro groups is 1. The summed E-state index contributed by atoms with van der Waals surface area (Å²) in [4.78, 5) is 22.3. The van der Waals surface area contributed by atoms with E-state index < -0.39 is 20.9 Å². The summed E-state index contributed by atoms with van der Waals surface area (Å²) in [5.74, 6) is -0.763. The van der Waals surface area contributed by atoms with Crippen molar-refractivity contribution in [3.63, 3.8) is 0 Å². The van der Waals surface area contributed by atoms with Gasteiger partial charge in [-0.25, -0.2) is 8.42 Å². The average molecular weight is 468 g/mol. The molecule has 0 aliphatic carbocycles. The molecule has 0 fully saturated rings. The summed E-state index contributed by atoms with van der Waals surface area (Å²) in [6, 6.07) is 8.06. The lowest BCUT2D eigenvalue weighted by molar-refractivity contribution is -0.385. The van der Waals surface area contributed by atoms with Crippen LogP contribution in [0, 0.1) is 10.1 Å². The average Bonchev–Trinajstić information content (AvgIpc) is 3.13. The molecular formula is C16H14ClN7O6S. The molecule has 0 saturated carbocycles. The number of sulfonamides is 1. The minimum absolute atomic E-state index is 0.00877. The number of carbonyl (C=O) groups is 1. The standard InChI is InChI=1S/C16H14ClN7O6S/c1-30-16-12(24(26)27)8-23(21-16)9-15(25)18-10-2-4-11(5-3-10)31(28,29)22-14-7-6-13(17)19-20-14/h2-8H,9H2,1H3,(H,18,25)(H,20,22). The van der Waals surface area contributed by atoms with E-state index in [-0.39, 0.29) is 34.0 Å². The number of carbonyl (C=O) groups excluding carboxylic acids is 1. The van der Waals surface area contributed by atoms with Gasteiger partial charge < -0.3 is 10.1 Å². The van der Waals surface area contributed by atoms with Crippen LogP contribution in [0.25, 0.3) is 0 Å². The SMILES string of the molecule is COc1nn(CC(=O)Nc2ccc(S(=O)(=O)Nc3ccc(Cl)nn3)cc2)cc1[N+](=O)[O-]. The van der Waals surface area contributed by atoms with Crippen LogP contribution in [0.15, 0.2) is 47.5 Å². The van der Waals surface area contributed by atoms with Gasteiger partial charge in [-0.2, -0.15) is 0 Å². The van der Waals surface area contributed by atoms with Crippen LogP contribution in [-0.2, 0) is 21.4 Å². The first kappa shape index (κ1) is 21.9. The number of methoxy groups -OCH3 is 1. The molecule has 2 N–H and O–H groups in total. The van der Waals surface area contributed by atoms with Crippen molar-refractivity contribution in [2.45, 2.75) is 11.4 Å². The Morgan fingerprint density at radius 1 is 1.23 bits per heavy atom. The van der Waals surface area contributed by atoms with Crippen LogP contribution in [-0.4, -0.2) is 46.3 Å². The Kier molecular flexibility index (Phi) is 6.31. The molecule has 0 aliphatic rings. The molecule has 2 aromatic heterocycles. The number of halogens is 1. The number of anilines is 2. The fourth-order valence-corrected chi connectivity index (χ4v) is 3.47. The molecule has 3 rings (SSSR count). The summed E-state index contributed by atoms with van der Waals surface area (Å²) in [6.45, 7) is -0.318. The Morgan fingerprint density at radius 3 is 2.48 bits per heavy atom. The first-order valence-electron chi connectivity index (χ1n) is 8.36. The van der Waals surface area contributed by atoms with Gasteiger partial charge in [-0.1, -0.05) is 11.6 Å². The third-order valence-electron chi connectivity index (χ3n) is 3.72. The molecule has 0 saturated heterocycles. The maximum atomic E-state index is 12.4. The normalized spacial score (nSPS) is 11.0. The number of hydrogen-bond donors (Lipinski definition) is 2. The van der Waals surface area contributed by atoms with Crippen molar-refractivity contribution in [3.05, 3.63) is 57.9 Å². The fraction of sp³-hybridized carbons (Fsp3) is 0.125. The first-order valence-corrected chi connectivity index (χ1v) is 10.2. The number of hydrogen-bond acceptors (Lipinski definition) is 9. The Hall–Kier alpha value is -3.78. The smallest absolute Gasteiger partial charge is 0.350 e. The molecule has 0 radical (unpaired) electrons. The molecular weight excluding hydrogens is 454 g/mol. The van der Waals surface area contributed by atoms with E-state index in [0.717, 1.165) is 10.9 Å². The maximum Gasteiger partial charge on any atom is 0.350 e. The van der Waals surface area contributed by atoms with Crippen molar-refractivity contribution < 1.29 is 22.9 Å². The topological polar surface area (TPSA) is 171 Å². The van der Waals surface area contributed by atoms with E-state index in [9.17, 15) is 23.3 Å². The van der Waals surface area contributed by atoms with Gasteiger partial charge in [0.05, 0.1) is 16.9 Å². The summed E-state index contributed by atoms with van der Waals surface area (Å²) in [5, 5.41) is 24.6. The third-order valence-corrected chi connectivity index (χ3v) is 5.30. The van der Waals surface area contributed by atoms with Gasteiger partial charge >= 0.3 is 11.6 Å². The highest BCUT2D eigenvalue weighted by atomic mass is 35.5. The van der Waals surface area contributed by atoms with Crippen molar-refractivity contribution in [1.82, 2.24) is 20.0 Å². The minimum Gasteiger partial charge on any atom is -0.475 e. The summed E-state index contributed by atoms with van der Waals surface area (Å²) in [7, 11) is -2.71. The van der Waals surface area contributed by atoms with Gasteiger partial charge in [0, 0.05) is 5.69 Å². The zero-order valence-corrected chi connectivity index (χ0v) is 17.3. The van der Waals surface area contributed by atoms with Crippen molar-refractivity contribution in [3.8, 4) is 5.88 Å². The number of nitrogens with one attached hydrogen (secondary N) is 2. The first-order chi connectivity index (χ1) is 14.7. The number of aromatic nitrogens is 4. The van der Waals surface area contributed by atoms with Crippen molar-refractivity contribution in [1.29, 1.82) is 0 Å². The minimum atomic E-state index is -3.93. The zero-order chi connectivity index (χ0) is 22.6. The molecule has 13 nitrogen and oxygen atoms in total. The van der Waals surface area contributed by atoms with Gasteiger partial charge in [0.15, 0.2) is 11.0 Å². The Morgan fingerprint density at radius 2 is 1.94 bits per heavy atom. The molecule has 0 bridgehead atoms. The largest absolute Gasteiger partial charge is 0.475 e. The molecule has 0 unspecified atom stereocenters. The lowest BCUT2D eigenvalue weighted by Gasteiger charge is -2.09. The van der Waals surface area contributed by atoms with E-state index in [1.165, 1.54) is 43.5 Å². The third kappa shape index (κ3) is 5.43. The van der Waals surface area contributed by atoms with Gasteiger partial charge in [0.1, 0.15) is 12.7 Å². The summed E-state index contributed by atoms with van der Waals surface area (Å²) in [5.41, 5.74) is -0.0633. The quantitative estimate of drug-likeness (QED) is 0.369. The lowest BCUT2D eigenvalue weighted by Crippen LogP contribution is -2.19. The number of amides is 1. The number of ether oxygens (including phenoxy) is 1. The molecule has 0 aliphatic heterocycles. The van der Waals surface area contributed by atoms with Crippen LogP contribution < -0.4 is 14.8 Å². The zero-order valence-electron chi connectivity index (χ0n) is 15.7. The van der Waals surface area contributed by atoms with Crippen LogP contribution in [0.1, 0.15) is 0 Å². The maximum absolute atomic E-state index is 12.4. The van der Waals surface area contributed by atoms with E-state index in [0.29, 0.717) is 5.69 Å². The molecule has 1 aromatic carbocycles. The van der Waals surface area contributed by atoms with E-state index in [1.54, 1.807) is 0 Å². The van der Waals surface area contributed by atoms with Gasteiger partial charge in [0.25, 0.3) is 10.0 Å². The predicted octanol–water partition coefficient (Wildman–Crippen LogP) is 1.68. The second-order valence-electron chi connectivity index (χ2n) is 5.90. The van der Waals surface area contributed by atoms with Crippen LogP contribution in [0.5, 0.6) is 5.88 Å². The van der Waals surface area contributed by atoms with Gasteiger partial charge in [-0.15, -0.1) is 15.3 Å². The van der Waals surface area contributed by atoms with Gasteiger partial charge in [-0.3, -0.25) is 24.3 Å². The fourth-order valence-electron chi connectivity index (χ4n) is 2.38. The van der Waals surface area contributed by atoms with Gasteiger partial charge in [-0.05, 0) is 36.4 Å². The second-order valence-corrected chi connectivity index (χ2v) is 7.97. The second kappa shape index (κ2) is 8.93. The van der Waals surface area contributed by atoms with Crippen molar-refractivity contribution in [2.75, 3.05) is 17.1 Å². The lowest BCUT2D eigenvalue weighted by atomic mass is 10.3. The van der Waals surface area contributed by atoms with E-state index in [4.69, 9.17) is 16.3 Å². The highest BCUT2D eigenvalue weighted by Crippen LogP contribution is 2.24. The highest BCUT2D eigenvalue weighted by molar-refractivity contribution is 7.92. The van der Waals surface area contributed by atoms with E-state index in [2.05, 4.69) is 25.3 Å². The van der Waals surface area contributed by atoms with Crippen LogP contribution in [0.2, 0.25) is 5.15 Å². The van der Waals surface area contributed by atoms with Gasteiger partial charge in [0.2, 0.25) is 5.91 Å². The molecule has 1 amide bonds. The highest BCUT2D eigenvalue weighted by Gasteiger charge is 2.21. The summed E-state index contributed by atoms with van der Waals surface area (Å²) >= 11 is 5.61. The van der Waals surface area contributed by atoms with E-state index in [1.807, 2.05) is 0 Å². The van der Waals surface area contributed by atoms with Crippen LogP contribution >= 0.6 is 11.6 Å². The molecule has 31 heavy (non-hydrogen) atoms. The summed E-state index contributed by atoms with van der Waals surface area (Å²) in [6.07, 6.45) is 1.07. The van der Waals surface area contributed by atoms with Crippen LogP contribution in [0.3, 0.4) is 0 Å². The molecule has 0 atom stereocenters. The number of nitrogens with zero attached hydrogens (tertiary/aromatic N) is 5.